The Labute approximate surface area is 126 Å². The molecular weight excluding hydrogens is 268 g/mol. The highest BCUT2D eigenvalue weighted by Crippen LogP contribution is 2.11. The number of esters is 1. The maximum absolute atomic E-state index is 12.0. The Morgan fingerprint density at radius 2 is 1.71 bits per heavy atom. The van der Waals surface area contributed by atoms with E-state index >= 15 is 0 Å². The van der Waals surface area contributed by atoms with E-state index in [1.54, 1.807) is 0 Å². The molecule has 1 aromatic carbocycles. The van der Waals surface area contributed by atoms with E-state index < -0.39 is 12.0 Å². The van der Waals surface area contributed by atoms with Crippen LogP contribution in [0.3, 0.4) is 0 Å². The minimum atomic E-state index is -0.627. The first-order valence-electron chi connectivity index (χ1n) is 7.13. The molecule has 2 N–H and O–H groups in total. The molecule has 1 rings (SSSR count). The fourth-order valence-corrected chi connectivity index (χ4v) is 2.05. The standard InChI is InChI=1S/C16H24N2O3/c1-11(2)10-14(15(19)21-4)18-16(20)17-12(3)13-8-6-5-7-9-13/h5-9,11-12,14H,10H2,1-4H3,(H2,17,18,20)/t12-,14-/m1/s1. The van der Waals surface area contributed by atoms with Gasteiger partial charge in [0.15, 0.2) is 0 Å². The Bertz CT molecular complexity index is 460. The molecule has 0 saturated carbocycles. The Kier molecular flexibility index (Phi) is 6.72. The Balaban J connectivity index is 2.59. The summed E-state index contributed by atoms with van der Waals surface area (Å²) in [5.74, 6) is -0.146. The fraction of sp³-hybridized carbons (Fsp3) is 0.500. The first-order chi connectivity index (χ1) is 9.93. The molecule has 21 heavy (non-hydrogen) atoms. The summed E-state index contributed by atoms with van der Waals surface area (Å²) in [5.41, 5.74) is 1.01. The zero-order valence-corrected chi connectivity index (χ0v) is 13.1. The first-order valence-corrected chi connectivity index (χ1v) is 7.13. The quantitative estimate of drug-likeness (QED) is 0.792. The van der Waals surface area contributed by atoms with Crippen molar-refractivity contribution in [3.63, 3.8) is 0 Å². The van der Waals surface area contributed by atoms with Gasteiger partial charge in [-0.2, -0.15) is 0 Å². The van der Waals surface area contributed by atoms with Gasteiger partial charge in [-0.15, -0.1) is 0 Å². The number of methoxy groups -OCH3 is 1. The van der Waals surface area contributed by atoms with Gasteiger partial charge in [-0.25, -0.2) is 9.59 Å². The first kappa shape index (κ1) is 17.0. The minimum Gasteiger partial charge on any atom is -0.467 e. The van der Waals surface area contributed by atoms with Crippen molar-refractivity contribution in [1.82, 2.24) is 10.6 Å². The maximum Gasteiger partial charge on any atom is 0.328 e. The van der Waals surface area contributed by atoms with Gasteiger partial charge >= 0.3 is 12.0 Å². The van der Waals surface area contributed by atoms with E-state index in [2.05, 4.69) is 10.6 Å². The number of benzene rings is 1. The molecule has 0 aliphatic rings. The molecule has 0 aromatic heterocycles. The molecule has 2 amide bonds. The van der Waals surface area contributed by atoms with Crippen molar-refractivity contribution in [3.05, 3.63) is 35.9 Å². The number of nitrogens with one attached hydrogen (secondary N) is 2. The number of amides is 2. The molecule has 0 aliphatic carbocycles. The van der Waals surface area contributed by atoms with E-state index in [1.165, 1.54) is 7.11 Å². The average molecular weight is 292 g/mol. The number of urea groups is 1. The summed E-state index contributed by atoms with van der Waals surface area (Å²) in [6, 6.07) is 8.51. The normalized spacial score (nSPS) is 13.4. The predicted octanol–water partition coefficient (Wildman–Crippen LogP) is 2.63. The molecule has 0 aliphatic heterocycles. The van der Waals surface area contributed by atoms with Gasteiger partial charge in [0.2, 0.25) is 0 Å². The van der Waals surface area contributed by atoms with Crippen molar-refractivity contribution in [2.45, 2.75) is 39.3 Å². The summed E-state index contributed by atoms with van der Waals surface area (Å²) in [4.78, 5) is 23.7. The fourth-order valence-electron chi connectivity index (χ4n) is 2.05. The van der Waals surface area contributed by atoms with Gasteiger partial charge in [-0.05, 0) is 24.8 Å². The number of carbonyl (C=O) groups is 2. The molecule has 5 heteroatoms. The molecule has 116 valence electrons. The Morgan fingerprint density at radius 1 is 1.10 bits per heavy atom. The van der Waals surface area contributed by atoms with Crippen LogP contribution in [-0.2, 0) is 9.53 Å². The monoisotopic (exact) mass is 292 g/mol. The van der Waals surface area contributed by atoms with Crippen molar-refractivity contribution < 1.29 is 14.3 Å². The van der Waals surface area contributed by atoms with Crippen molar-refractivity contribution in [3.8, 4) is 0 Å². The third-order valence-electron chi connectivity index (χ3n) is 3.15. The van der Waals surface area contributed by atoms with Gasteiger partial charge in [-0.3, -0.25) is 0 Å². The van der Waals surface area contributed by atoms with Crippen LogP contribution >= 0.6 is 0 Å². The number of carbonyl (C=O) groups excluding carboxylic acids is 2. The van der Waals surface area contributed by atoms with Crippen LogP contribution in [0, 0.1) is 5.92 Å². The van der Waals surface area contributed by atoms with Crippen LogP contribution in [0.5, 0.6) is 0 Å². The second-order valence-corrected chi connectivity index (χ2v) is 5.46. The molecular formula is C16H24N2O3. The van der Waals surface area contributed by atoms with E-state index in [0.717, 1.165) is 5.56 Å². The molecule has 0 unspecified atom stereocenters. The van der Waals surface area contributed by atoms with E-state index in [0.29, 0.717) is 6.42 Å². The molecule has 1 aromatic rings. The lowest BCUT2D eigenvalue weighted by atomic mass is 10.0. The van der Waals surface area contributed by atoms with E-state index in [1.807, 2.05) is 51.1 Å². The van der Waals surface area contributed by atoms with Crippen molar-refractivity contribution >= 4 is 12.0 Å². The molecule has 0 bridgehead atoms. The number of ether oxygens (including phenoxy) is 1. The van der Waals surface area contributed by atoms with Gasteiger partial charge < -0.3 is 15.4 Å². The van der Waals surface area contributed by atoms with Crippen molar-refractivity contribution in [2.75, 3.05) is 7.11 Å². The summed E-state index contributed by atoms with van der Waals surface area (Å²) in [6.45, 7) is 5.87. The lowest BCUT2D eigenvalue weighted by Gasteiger charge is -2.20. The van der Waals surface area contributed by atoms with Crippen LogP contribution < -0.4 is 10.6 Å². The summed E-state index contributed by atoms with van der Waals surface area (Å²) in [6.07, 6.45) is 0.541. The minimum absolute atomic E-state index is 0.136. The van der Waals surface area contributed by atoms with Crippen LogP contribution in [0.15, 0.2) is 30.3 Å². The van der Waals surface area contributed by atoms with E-state index in [9.17, 15) is 9.59 Å². The Hall–Kier alpha value is -2.04. The van der Waals surface area contributed by atoms with Crippen LogP contribution in [-0.4, -0.2) is 25.2 Å². The van der Waals surface area contributed by atoms with Crippen LogP contribution in [0.1, 0.15) is 38.8 Å². The average Bonchev–Trinajstić information content (AvgIpc) is 2.46. The zero-order valence-electron chi connectivity index (χ0n) is 13.1. The molecule has 0 fully saturated rings. The molecule has 5 nitrogen and oxygen atoms in total. The third-order valence-corrected chi connectivity index (χ3v) is 3.15. The third kappa shape index (κ3) is 5.85. The highest BCUT2D eigenvalue weighted by atomic mass is 16.5. The summed E-state index contributed by atoms with van der Waals surface area (Å²) in [5, 5.41) is 5.50. The van der Waals surface area contributed by atoms with E-state index in [-0.39, 0.29) is 18.0 Å². The highest BCUT2D eigenvalue weighted by Gasteiger charge is 2.23. The molecule has 0 saturated heterocycles. The van der Waals surface area contributed by atoms with Gasteiger partial charge in [0.25, 0.3) is 0 Å². The van der Waals surface area contributed by atoms with Crippen LogP contribution in [0.25, 0.3) is 0 Å². The second kappa shape index (κ2) is 8.29. The SMILES string of the molecule is COC(=O)[C@@H](CC(C)C)NC(=O)N[C@H](C)c1ccccc1. The van der Waals surface area contributed by atoms with Crippen molar-refractivity contribution in [2.24, 2.45) is 5.92 Å². The molecule has 0 spiro atoms. The molecule has 0 radical (unpaired) electrons. The number of hydrogen-bond acceptors (Lipinski definition) is 3. The second-order valence-electron chi connectivity index (χ2n) is 5.46. The number of rotatable bonds is 6. The summed E-state index contributed by atoms with van der Waals surface area (Å²) < 4.78 is 4.72. The molecule has 0 heterocycles. The predicted molar refractivity (Wildman–Crippen MR) is 81.8 cm³/mol. The lowest BCUT2D eigenvalue weighted by molar-refractivity contribution is -0.143. The van der Waals surface area contributed by atoms with Crippen LogP contribution in [0.2, 0.25) is 0 Å². The van der Waals surface area contributed by atoms with Gasteiger partial charge in [0.05, 0.1) is 13.2 Å². The smallest absolute Gasteiger partial charge is 0.328 e. The lowest BCUT2D eigenvalue weighted by Crippen LogP contribution is -2.47. The summed E-state index contributed by atoms with van der Waals surface area (Å²) >= 11 is 0. The Morgan fingerprint density at radius 3 is 2.24 bits per heavy atom. The number of hydrogen-bond donors (Lipinski definition) is 2. The zero-order chi connectivity index (χ0) is 15.8. The largest absolute Gasteiger partial charge is 0.467 e. The van der Waals surface area contributed by atoms with Crippen LogP contribution in [0.4, 0.5) is 4.79 Å². The topological polar surface area (TPSA) is 67.4 Å². The van der Waals surface area contributed by atoms with E-state index in [4.69, 9.17) is 4.74 Å². The summed E-state index contributed by atoms with van der Waals surface area (Å²) in [7, 11) is 1.32. The van der Waals surface area contributed by atoms with Gasteiger partial charge in [0.1, 0.15) is 6.04 Å². The van der Waals surface area contributed by atoms with Gasteiger partial charge in [-0.1, -0.05) is 44.2 Å². The van der Waals surface area contributed by atoms with Crippen molar-refractivity contribution in [1.29, 1.82) is 0 Å². The highest BCUT2D eigenvalue weighted by molar-refractivity contribution is 5.83. The molecule has 2 atom stereocenters. The maximum atomic E-state index is 12.0. The van der Waals surface area contributed by atoms with Gasteiger partial charge in [0, 0.05) is 0 Å².